The fourth-order valence-corrected chi connectivity index (χ4v) is 3.11. The van der Waals surface area contributed by atoms with Crippen molar-refractivity contribution in [2.45, 2.75) is 5.75 Å². The minimum atomic E-state index is -3.93. The van der Waals surface area contributed by atoms with Crippen molar-refractivity contribution in [2.75, 3.05) is 0 Å². The Bertz CT molecular complexity index is 946. The second-order valence-corrected chi connectivity index (χ2v) is 6.56. The van der Waals surface area contributed by atoms with Crippen molar-refractivity contribution >= 4 is 15.9 Å². The van der Waals surface area contributed by atoms with Gasteiger partial charge in [0, 0.05) is 13.2 Å². The average molecular weight is 328 g/mol. The highest BCUT2D eigenvalue weighted by atomic mass is 32.2. The van der Waals surface area contributed by atoms with Crippen molar-refractivity contribution in [3.63, 3.8) is 0 Å². The molecule has 1 aromatic heterocycles. The van der Waals surface area contributed by atoms with Crippen molar-refractivity contribution < 1.29 is 13.2 Å². The molecule has 2 aromatic rings. The Kier molecular flexibility index (Phi) is 4.49. The predicted molar refractivity (Wildman–Crippen MR) is 81.4 cm³/mol. The van der Waals surface area contributed by atoms with Gasteiger partial charge in [0.25, 0.3) is 5.91 Å². The van der Waals surface area contributed by atoms with Crippen LogP contribution in [0.1, 0.15) is 27.2 Å². The lowest BCUT2D eigenvalue weighted by Gasteiger charge is -2.07. The number of carbonyl (C=O) groups excluding carboxylic acids is 1. The Hall–Kier alpha value is -3.10. The maximum atomic E-state index is 12.1. The summed E-state index contributed by atoms with van der Waals surface area (Å²) < 4.78 is 27.5. The predicted octanol–water partition coefficient (Wildman–Crippen LogP) is 1.03. The minimum absolute atomic E-state index is 0.0656. The number of aryl methyl sites for hydroxylation is 1. The molecule has 0 aliphatic heterocycles. The van der Waals surface area contributed by atoms with E-state index in [0.29, 0.717) is 11.1 Å². The Morgan fingerprint density at radius 2 is 1.91 bits per heavy atom. The highest BCUT2D eigenvalue weighted by molar-refractivity contribution is 7.89. The number of rotatable bonds is 4. The average Bonchev–Trinajstić information content (AvgIpc) is 2.87. The van der Waals surface area contributed by atoms with Gasteiger partial charge in [-0.25, -0.2) is 13.1 Å². The largest absolute Gasteiger partial charge is 0.345 e. The van der Waals surface area contributed by atoms with Crippen LogP contribution in [0.15, 0.2) is 36.5 Å². The minimum Gasteiger partial charge on any atom is -0.345 e. The third-order valence-electron chi connectivity index (χ3n) is 3.03. The Morgan fingerprint density at radius 1 is 1.22 bits per heavy atom. The molecule has 0 spiro atoms. The van der Waals surface area contributed by atoms with Gasteiger partial charge in [-0.15, -0.1) is 0 Å². The monoisotopic (exact) mass is 328 g/mol. The number of aromatic nitrogens is 1. The number of amides is 1. The van der Waals surface area contributed by atoms with Gasteiger partial charge in [-0.3, -0.25) is 4.79 Å². The zero-order valence-electron chi connectivity index (χ0n) is 12.1. The number of carbonyl (C=O) groups is 1. The van der Waals surface area contributed by atoms with Gasteiger partial charge >= 0.3 is 0 Å². The molecule has 0 fully saturated rings. The van der Waals surface area contributed by atoms with Crippen molar-refractivity contribution in [1.82, 2.24) is 9.29 Å². The van der Waals surface area contributed by atoms with Crippen LogP contribution < -0.4 is 4.72 Å². The molecule has 7 nitrogen and oxygen atoms in total. The Balaban J connectivity index is 2.17. The number of benzene rings is 1. The number of hydrogen-bond donors (Lipinski definition) is 1. The van der Waals surface area contributed by atoms with Crippen LogP contribution >= 0.6 is 0 Å². The molecule has 116 valence electrons. The van der Waals surface area contributed by atoms with E-state index >= 15 is 0 Å². The number of nitriles is 2. The zero-order valence-corrected chi connectivity index (χ0v) is 13.0. The molecular formula is C15H12N4O3S. The van der Waals surface area contributed by atoms with Crippen LogP contribution in [0.3, 0.4) is 0 Å². The summed E-state index contributed by atoms with van der Waals surface area (Å²) in [5.41, 5.74) is 1.06. The molecule has 8 heteroatoms. The molecule has 0 saturated carbocycles. The Morgan fingerprint density at radius 3 is 2.52 bits per heavy atom. The standard InChI is InChI=1S/C15H12N4O3S/c1-19-9-13(8-17)6-14(19)15(20)18-23(21,22)10-12-4-2-3-11(5-12)7-16/h2-6,9H,10H2,1H3,(H,18,20). The van der Waals surface area contributed by atoms with Crippen LogP contribution in [-0.2, 0) is 22.8 Å². The molecule has 0 aliphatic carbocycles. The summed E-state index contributed by atoms with van der Waals surface area (Å²) in [5, 5.41) is 17.6. The lowest BCUT2D eigenvalue weighted by atomic mass is 10.2. The van der Waals surface area contributed by atoms with E-state index in [2.05, 4.69) is 0 Å². The molecule has 0 aliphatic rings. The molecule has 1 heterocycles. The summed E-state index contributed by atoms with van der Waals surface area (Å²) in [4.78, 5) is 12.1. The molecule has 0 atom stereocenters. The van der Waals surface area contributed by atoms with Crippen LogP contribution in [0.5, 0.6) is 0 Å². The van der Waals surface area contributed by atoms with Gasteiger partial charge in [-0.2, -0.15) is 10.5 Å². The number of nitrogens with one attached hydrogen (secondary N) is 1. The van der Waals surface area contributed by atoms with E-state index in [9.17, 15) is 13.2 Å². The lowest BCUT2D eigenvalue weighted by molar-refractivity contribution is 0.0973. The molecule has 0 unspecified atom stereocenters. The normalized spacial score (nSPS) is 10.6. The summed E-state index contributed by atoms with van der Waals surface area (Å²) in [6, 6.07) is 11.2. The molecule has 0 bridgehead atoms. The fourth-order valence-electron chi connectivity index (χ4n) is 2.03. The Labute approximate surface area is 133 Å². The summed E-state index contributed by atoms with van der Waals surface area (Å²) >= 11 is 0. The topological polar surface area (TPSA) is 116 Å². The van der Waals surface area contributed by atoms with E-state index in [-0.39, 0.29) is 11.3 Å². The molecular weight excluding hydrogens is 316 g/mol. The summed E-state index contributed by atoms with van der Waals surface area (Å²) in [7, 11) is -2.39. The van der Waals surface area contributed by atoms with E-state index in [0.717, 1.165) is 0 Å². The van der Waals surface area contributed by atoms with E-state index < -0.39 is 21.7 Å². The SMILES string of the molecule is Cn1cc(C#N)cc1C(=O)NS(=O)(=O)Cc1cccc(C#N)c1. The van der Waals surface area contributed by atoms with Crippen molar-refractivity contribution in [1.29, 1.82) is 10.5 Å². The maximum Gasteiger partial charge on any atom is 0.281 e. The second kappa shape index (κ2) is 6.34. The van der Waals surface area contributed by atoms with Crippen LogP contribution in [0.2, 0.25) is 0 Å². The number of hydrogen-bond acceptors (Lipinski definition) is 5. The van der Waals surface area contributed by atoms with E-state index in [1.807, 2.05) is 16.9 Å². The summed E-state index contributed by atoms with van der Waals surface area (Å²) in [6.07, 6.45) is 1.43. The summed E-state index contributed by atoms with van der Waals surface area (Å²) in [5.74, 6) is -1.24. The van der Waals surface area contributed by atoms with Crippen LogP contribution in [-0.4, -0.2) is 18.9 Å². The molecule has 1 N–H and O–H groups in total. The lowest BCUT2D eigenvalue weighted by Crippen LogP contribution is -2.32. The van der Waals surface area contributed by atoms with Gasteiger partial charge in [0.2, 0.25) is 10.0 Å². The third-order valence-corrected chi connectivity index (χ3v) is 4.24. The highest BCUT2D eigenvalue weighted by Gasteiger charge is 2.19. The van der Waals surface area contributed by atoms with Gasteiger partial charge in [0.1, 0.15) is 11.8 Å². The number of sulfonamides is 1. The van der Waals surface area contributed by atoms with Crippen LogP contribution in [0, 0.1) is 22.7 Å². The summed E-state index contributed by atoms with van der Waals surface area (Å²) in [6.45, 7) is 0. The first-order chi connectivity index (χ1) is 10.8. The molecule has 2 rings (SSSR count). The molecule has 23 heavy (non-hydrogen) atoms. The fraction of sp³-hybridized carbons (Fsp3) is 0.133. The first kappa shape index (κ1) is 16.3. The van der Waals surface area contributed by atoms with Gasteiger partial charge in [0.15, 0.2) is 0 Å². The maximum absolute atomic E-state index is 12.1. The van der Waals surface area contributed by atoms with Crippen molar-refractivity contribution in [2.24, 2.45) is 7.05 Å². The van der Waals surface area contributed by atoms with Gasteiger partial charge < -0.3 is 4.57 Å². The molecule has 1 aromatic carbocycles. The molecule has 0 saturated heterocycles. The van der Waals surface area contributed by atoms with Gasteiger partial charge in [0.05, 0.1) is 22.9 Å². The van der Waals surface area contributed by atoms with E-state index in [4.69, 9.17) is 10.5 Å². The van der Waals surface area contributed by atoms with E-state index in [1.54, 1.807) is 25.2 Å². The smallest absolute Gasteiger partial charge is 0.281 e. The van der Waals surface area contributed by atoms with Crippen molar-refractivity contribution in [3.05, 3.63) is 58.9 Å². The van der Waals surface area contributed by atoms with Gasteiger partial charge in [-0.1, -0.05) is 12.1 Å². The van der Waals surface area contributed by atoms with Crippen LogP contribution in [0.4, 0.5) is 0 Å². The van der Waals surface area contributed by atoms with Crippen molar-refractivity contribution in [3.8, 4) is 12.1 Å². The molecule has 1 amide bonds. The third kappa shape index (κ3) is 3.96. The first-order valence-electron chi connectivity index (χ1n) is 6.45. The van der Waals surface area contributed by atoms with Gasteiger partial charge in [-0.05, 0) is 23.8 Å². The number of nitrogens with zero attached hydrogens (tertiary/aromatic N) is 3. The first-order valence-corrected chi connectivity index (χ1v) is 8.10. The zero-order chi connectivity index (χ0) is 17.0. The highest BCUT2D eigenvalue weighted by Crippen LogP contribution is 2.10. The quantitative estimate of drug-likeness (QED) is 0.900. The molecule has 0 radical (unpaired) electrons. The van der Waals surface area contributed by atoms with E-state index in [1.165, 1.54) is 22.9 Å². The van der Waals surface area contributed by atoms with Crippen LogP contribution in [0.25, 0.3) is 0 Å². The second-order valence-electron chi connectivity index (χ2n) is 4.84.